The zero-order chi connectivity index (χ0) is 10.1. The van der Waals surface area contributed by atoms with Crippen LogP contribution in [0.3, 0.4) is 0 Å². The second-order valence-electron chi connectivity index (χ2n) is 3.93. The summed E-state index contributed by atoms with van der Waals surface area (Å²) in [4.78, 5) is 0. The van der Waals surface area contributed by atoms with Crippen molar-refractivity contribution in [3.63, 3.8) is 0 Å². The normalized spacial score (nSPS) is 18.2. The molecule has 1 aromatic carbocycles. The van der Waals surface area contributed by atoms with Gasteiger partial charge in [-0.2, -0.15) is 0 Å². The topological polar surface area (TPSA) is 20.2 Å². The molecular formula is C12H14BrO. The molecule has 1 N–H and O–H groups in total. The molecule has 0 aromatic heterocycles. The zero-order valence-electron chi connectivity index (χ0n) is 8.04. The van der Waals surface area contributed by atoms with E-state index >= 15 is 0 Å². The van der Waals surface area contributed by atoms with Crippen molar-refractivity contribution in [1.29, 1.82) is 0 Å². The lowest BCUT2D eigenvalue weighted by molar-refractivity contribution is 0.282. The van der Waals surface area contributed by atoms with E-state index in [4.69, 9.17) is 5.11 Å². The first-order valence-electron chi connectivity index (χ1n) is 4.95. The minimum atomic E-state index is -0.0143. The maximum Gasteiger partial charge on any atom is 0.0499 e. The van der Waals surface area contributed by atoms with Gasteiger partial charge in [0.15, 0.2) is 0 Å². The van der Waals surface area contributed by atoms with E-state index < -0.39 is 0 Å². The quantitative estimate of drug-likeness (QED) is 0.877. The lowest BCUT2D eigenvalue weighted by atomic mass is 9.99. The predicted octanol–water partition coefficient (Wildman–Crippen LogP) is 3.24. The van der Waals surface area contributed by atoms with Crippen LogP contribution in [-0.2, 0) is 0 Å². The monoisotopic (exact) mass is 253 g/mol. The van der Waals surface area contributed by atoms with Crippen LogP contribution < -0.4 is 0 Å². The molecule has 1 fully saturated rings. The Bertz CT molecular complexity index is 331. The van der Waals surface area contributed by atoms with Crippen molar-refractivity contribution >= 4 is 15.9 Å². The first-order valence-corrected chi connectivity index (χ1v) is 5.75. The number of hydrogen-bond donors (Lipinski definition) is 1. The van der Waals surface area contributed by atoms with Gasteiger partial charge >= 0.3 is 0 Å². The second kappa shape index (κ2) is 4.03. The highest BCUT2D eigenvalue weighted by Gasteiger charge is 2.25. The Kier molecular flexibility index (Phi) is 2.93. The van der Waals surface area contributed by atoms with E-state index in [1.54, 1.807) is 0 Å². The van der Waals surface area contributed by atoms with Crippen LogP contribution in [0, 0.1) is 6.92 Å². The van der Waals surface area contributed by atoms with Gasteiger partial charge in [-0.05, 0) is 42.9 Å². The van der Waals surface area contributed by atoms with Crippen LogP contribution >= 0.6 is 15.9 Å². The lowest BCUT2D eigenvalue weighted by Gasteiger charge is -2.10. The van der Waals surface area contributed by atoms with Gasteiger partial charge in [-0.15, -0.1) is 0 Å². The highest BCUT2D eigenvalue weighted by molar-refractivity contribution is 9.10. The molecule has 0 aliphatic heterocycles. The standard InChI is InChI=1S/C12H14BrO/c1-8(7-14)10-4-5-11(9-2-3-9)12(13)6-10/h4-6,8-9,14H,1-3,7H2. The van der Waals surface area contributed by atoms with Gasteiger partial charge in [-0.25, -0.2) is 0 Å². The van der Waals surface area contributed by atoms with E-state index in [0.29, 0.717) is 0 Å². The summed E-state index contributed by atoms with van der Waals surface area (Å²) < 4.78 is 1.17. The number of rotatable bonds is 3. The van der Waals surface area contributed by atoms with E-state index in [-0.39, 0.29) is 12.5 Å². The molecule has 1 nitrogen and oxygen atoms in total. The summed E-state index contributed by atoms with van der Waals surface area (Å²) in [6.07, 6.45) is 2.62. The fourth-order valence-corrected chi connectivity index (χ4v) is 2.35. The minimum Gasteiger partial charge on any atom is -0.396 e. The van der Waals surface area contributed by atoms with Gasteiger partial charge < -0.3 is 5.11 Å². The number of aliphatic hydroxyl groups excluding tert-OH is 1. The van der Waals surface area contributed by atoms with Gasteiger partial charge in [0.1, 0.15) is 0 Å². The van der Waals surface area contributed by atoms with Gasteiger partial charge in [0.25, 0.3) is 0 Å². The lowest BCUT2D eigenvalue weighted by Crippen LogP contribution is -1.99. The molecule has 1 unspecified atom stereocenters. The van der Waals surface area contributed by atoms with E-state index in [0.717, 1.165) is 11.5 Å². The summed E-state index contributed by atoms with van der Waals surface area (Å²) in [5.41, 5.74) is 2.50. The molecule has 1 aliphatic carbocycles. The summed E-state index contributed by atoms with van der Waals surface area (Å²) in [5.74, 6) is 0.746. The Morgan fingerprint density at radius 1 is 1.50 bits per heavy atom. The summed E-state index contributed by atoms with van der Waals surface area (Å²) in [6, 6.07) is 6.32. The molecule has 0 heterocycles. The van der Waals surface area contributed by atoms with Crippen LogP contribution in [0.25, 0.3) is 0 Å². The molecule has 0 spiro atoms. The molecule has 1 aliphatic rings. The maximum atomic E-state index is 8.99. The number of hydrogen-bond acceptors (Lipinski definition) is 1. The molecular weight excluding hydrogens is 240 g/mol. The van der Waals surface area contributed by atoms with Crippen molar-refractivity contribution in [3.05, 3.63) is 40.7 Å². The average molecular weight is 254 g/mol. The molecule has 0 amide bonds. The Balaban J connectivity index is 2.25. The Morgan fingerprint density at radius 3 is 2.71 bits per heavy atom. The summed E-state index contributed by atoms with van der Waals surface area (Å²) in [7, 11) is 0. The van der Waals surface area contributed by atoms with Crippen LogP contribution in [-0.4, -0.2) is 11.7 Å². The number of benzene rings is 1. The Morgan fingerprint density at radius 2 is 2.21 bits per heavy atom. The molecule has 1 atom stereocenters. The van der Waals surface area contributed by atoms with Crippen LogP contribution in [0.1, 0.15) is 35.8 Å². The molecule has 1 aromatic rings. The van der Waals surface area contributed by atoms with Gasteiger partial charge in [0.2, 0.25) is 0 Å². The van der Waals surface area contributed by atoms with E-state index in [2.05, 4.69) is 41.1 Å². The molecule has 14 heavy (non-hydrogen) atoms. The van der Waals surface area contributed by atoms with E-state index in [1.807, 2.05) is 0 Å². The van der Waals surface area contributed by atoms with Crippen molar-refractivity contribution in [1.82, 2.24) is 0 Å². The van der Waals surface area contributed by atoms with Crippen LogP contribution in [0.5, 0.6) is 0 Å². The van der Waals surface area contributed by atoms with Crippen molar-refractivity contribution in [2.24, 2.45) is 0 Å². The van der Waals surface area contributed by atoms with E-state index in [1.165, 1.54) is 22.9 Å². The minimum absolute atomic E-state index is 0.0143. The van der Waals surface area contributed by atoms with Gasteiger partial charge in [0, 0.05) is 17.0 Å². The molecule has 2 heteroatoms. The van der Waals surface area contributed by atoms with Crippen molar-refractivity contribution in [2.75, 3.05) is 6.61 Å². The third-order valence-electron chi connectivity index (χ3n) is 2.73. The van der Waals surface area contributed by atoms with Crippen molar-refractivity contribution in [2.45, 2.75) is 24.7 Å². The van der Waals surface area contributed by atoms with Crippen LogP contribution in [0.4, 0.5) is 0 Å². The average Bonchev–Trinajstić information content (AvgIpc) is 3.00. The molecule has 1 saturated carbocycles. The summed E-state index contributed by atoms with van der Waals surface area (Å²) in [6.45, 7) is 3.99. The third kappa shape index (κ3) is 2.01. The first-order chi connectivity index (χ1) is 6.72. The van der Waals surface area contributed by atoms with Crippen LogP contribution in [0.15, 0.2) is 22.7 Å². The highest BCUT2D eigenvalue weighted by Crippen LogP contribution is 2.43. The first kappa shape index (κ1) is 10.2. The summed E-state index contributed by atoms with van der Waals surface area (Å²) in [5, 5.41) is 8.99. The second-order valence-corrected chi connectivity index (χ2v) is 4.79. The van der Waals surface area contributed by atoms with Crippen LogP contribution in [0.2, 0.25) is 0 Å². The van der Waals surface area contributed by atoms with E-state index in [9.17, 15) is 0 Å². The SMILES string of the molecule is [CH2]C(CO)c1ccc(C2CC2)c(Br)c1. The third-order valence-corrected chi connectivity index (χ3v) is 3.42. The van der Waals surface area contributed by atoms with Gasteiger partial charge in [-0.1, -0.05) is 28.1 Å². The van der Waals surface area contributed by atoms with Crippen molar-refractivity contribution in [3.8, 4) is 0 Å². The molecule has 1 radical (unpaired) electrons. The van der Waals surface area contributed by atoms with Crippen molar-refractivity contribution < 1.29 is 5.11 Å². The summed E-state index contributed by atoms with van der Waals surface area (Å²) >= 11 is 3.58. The van der Waals surface area contributed by atoms with Gasteiger partial charge in [-0.3, -0.25) is 0 Å². The largest absolute Gasteiger partial charge is 0.396 e. The number of aliphatic hydroxyl groups is 1. The highest BCUT2D eigenvalue weighted by atomic mass is 79.9. The fourth-order valence-electron chi connectivity index (χ4n) is 1.63. The zero-order valence-corrected chi connectivity index (χ0v) is 9.63. The smallest absolute Gasteiger partial charge is 0.0499 e. The molecule has 0 saturated heterocycles. The molecule has 0 bridgehead atoms. The maximum absolute atomic E-state index is 8.99. The Labute approximate surface area is 93.3 Å². The Hall–Kier alpha value is -0.340. The molecule has 2 rings (SSSR count). The van der Waals surface area contributed by atoms with Gasteiger partial charge in [0.05, 0.1) is 0 Å². The number of halogens is 1. The predicted molar refractivity (Wildman–Crippen MR) is 61.3 cm³/mol. The fraction of sp³-hybridized carbons (Fsp3) is 0.417. The molecule has 75 valence electrons.